The lowest BCUT2D eigenvalue weighted by molar-refractivity contribution is 0.473. The van der Waals surface area contributed by atoms with Crippen molar-refractivity contribution in [1.29, 1.82) is 5.26 Å². The van der Waals surface area contributed by atoms with Crippen LogP contribution in [0, 0.1) is 11.3 Å². The normalized spacial score (nSPS) is 9.09. The number of benzene rings is 1. The highest BCUT2D eigenvalue weighted by atomic mass is 16.3. The van der Waals surface area contributed by atoms with Crippen LogP contribution in [0.4, 0.5) is 0 Å². The molecule has 2 heteroatoms. The van der Waals surface area contributed by atoms with Gasteiger partial charge in [0.2, 0.25) is 0 Å². The predicted molar refractivity (Wildman–Crippen MR) is 42.2 cm³/mol. The minimum absolute atomic E-state index is 0.0758. The second-order valence-electron chi connectivity index (χ2n) is 2.32. The lowest BCUT2D eigenvalue weighted by Gasteiger charge is -1.98. The van der Waals surface area contributed by atoms with Crippen molar-refractivity contribution in [3.63, 3.8) is 0 Å². The molecule has 0 saturated carbocycles. The van der Waals surface area contributed by atoms with Crippen LogP contribution in [0.1, 0.15) is 18.1 Å². The standard InChI is InChI=1S/C9H9NO/c1-2-7-3-4-8(6-10)9(11)5-7/h3-5,11H,2H2,1H3. The minimum atomic E-state index is 0.0758. The Morgan fingerprint density at radius 1 is 1.55 bits per heavy atom. The first-order valence-electron chi connectivity index (χ1n) is 3.50. The summed E-state index contributed by atoms with van der Waals surface area (Å²) in [5.41, 5.74) is 1.38. The maximum Gasteiger partial charge on any atom is 0.133 e. The summed E-state index contributed by atoms with van der Waals surface area (Å²) in [6, 6.07) is 7.00. The van der Waals surface area contributed by atoms with Crippen LogP contribution in [0.2, 0.25) is 0 Å². The van der Waals surface area contributed by atoms with E-state index in [1.807, 2.05) is 19.1 Å². The highest BCUT2D eigenvalue weighted by Gasteiger charge is 1.98. The third-order valence-electron chi connectivity index (χ3n) is 1.59. The average Bonchev–Trinajstić information content (AvgIpc) is 2.04. The zero-order valence-corrected chi connectivity index (χ0v) is 6.33. The maximum atomic E-state index is 9.20. The fourth-order valence-corrected chi connectivity index (χ4v) is 0.892. The summed E-state index contributed by atoms with van der Waals surface area (Å²) in [5, 5.41) is 17.7. The van der Waals surface area contributed by atoms with E-state index in [-0.39, 0.29) is 5.75 Å². The first-order valence-corrected chi connectivity index (χ1v) is 3.50. The molecule has 1 aromatic rings. The van der Waals surface area contributed by atoms with Gasteiger partial charge in [0.1, 0.15) is 11.8 Å². The van der Waals surface area contributed by atoms with E-state index in [9.17, 15) is 5.11 Å². The van der Waals surface area contributed by atoms with Crippen LogP contribution in [-0.4, -0.2) is 5.11 Å². The molecule has 0 saturated heterocycles. The van der Waals surface area contributed by atoms with Gasteiger partial charge in [0, 0.05) is 0 Å². The smallest absolute Gasteiger partial charge is 0.133 e. The second-order valence-corrected chi connectivity index (χ2v) is 2.32. The number of aryl methyl sites for hydroxylation is 1. The molecule has 0 aliphatic heterocycles. The van der Waals surface area contributed by atoms with E-state index >= 15 is 0 Å². The third kappa shape index (κ3) is 1.50. The molecule has 0 spiro atoms. The number of rotatable bonds is 1. The zero-order valence-electron chi connectivity index (χ0n) is 6.33. The van der Waals surface area contributed by atoms with Gasteiger partial charge in [0.05, 0.1) is 5.56 Å². The Hall–Kier alpha value is -1.49. The summed E-state index contributed by atoms with van der Waals surface area (Å²) in [6.45, 7) is 2.00. The fourth-order valence-electron chi connectivity index (χ4n) is 0.892. The number of hydrogen-bond donors (Lipinski definition) is 1. The van der Waals surface area contributed by atoms with E-state index in [1.165, 1.54) is 0 Å². The first-order chi connectivity index (χ1) is 5.27. The number of phenolic OH excluding ortho intramolecular Hbond substituents is 1. The topological polar surface area (TPSA) is 44.0 Å². The molecule has 1 rings (SSSR count). The minimum Gasteiger partial charge on any atom is -0.507 e. The molecule has 0 aromatic heterocycles. The number of phenols is 1. The zero-order chi connectivity index (χ0) is 8.27. The molecule has 1 aromatic carbocycles. The number of nitriles is 1. The largest absolute Gasteiger partial charge is 0.507 e. The molecule has 0 aliphatic rings. The number of aromatic hydroxyl groups is 1. The van der Waals surface area contributed by atoms with Crippen molar-refractivity contribution in [1.82, 2.24) is 0 Å². The SMILES string of the molecule is CCc1ccc(C#N)c(O)c1. The molecule has 11 heavy (non-hydrogen) atoms. The van der Waals surface area contributed by atoms with Crippen molar-refractivity contribution in [3.05, 3.63) is 29.3 Å². The summed E-state index contributed by atoms with van der Waals surface area (Å²) in [5.74, 6) is 0.0758. The monoisotopic (exact) mass is 147 g/mol. The van der Waals surface area contributed by atoms with Gasteiger partial charge < -0.3 is 5.11 Å². The quantitative estimate of drug-likeness (QED) is 0.658. The Balaban J connectivity index is 3.12. The van der Waals surface area contributed by atoms with Gasteiger partial charge in [0.15, 0.2) is 0 Å². The summed E-state index contributed by atoms with van der Waals surface area (Å²) >= 11 is 0. The predicted octanol–water partition coefficient (Wildman–Crippen LogP) is 1.83. The van der Waals surface area contributed by atoms with E-state index in [2.05, 4.69) is 0 Å². The highest BCUT2D eigenvalue weighted by molar-refractivity contribution is 5.44. The molecular weight excluding hydrogens is 138 g/mol. The van der Waals surface area contributed by atoms with Crippen LogP contribution in [0.15, 0.2) is 18.2 Å². The van der Waals surface area contributed by atoms with Gasteiger partial charge in [-0.05, 0) is 24.1 Å². The average molecular weight is 147 g/mol. The fraction of sp³-hybridized carbons (Fsp3) is 0.222. The van der Waals surface area contributed by atoms with Crippen molar-refractivity contribution in [2.24, 2.45) is 0 Å². The van der Waals surface area contributed by atoms with Crippen molar-refractivity contribution in [2.75, 3.05) is 0 Å². The molecule has 0 fully saturated rings. The van der Waals surface area contributed by atoms with Crippen molar-refractivity contribution in [3.8, 4) is 11.8 Å². The van der Waals surface area contributed by atoms with Crippen LogP contribution in [-0.2, 0) is 6.42 Å². The van der Waals surface area contributed by atoms with Gasteiger partial charge in [-0.15, -0.1) is 0 Å². The molecule has 0 aliphatic carbocycles. The van der Waals surface area contributed by atoms with Gasteiger partial charge in [-0.1, -0.05) is 13.0 Å². The molecule has 56 valence electrons. The van der Waals surface area contributed by atoms with Crippen molar-refractivity contribution >= 4 is 0 Å². The molecular formula is C9H9NO. The lowest BCUT2D eigenvalue weighted by Crippen LogP contribution is -1.81. The van der Waals surface area contributed by atoms with Gasteiger partial charge in [-0.25, -0.2) is 0 Å². The Morgan fingerprint density at radius 3 is 2.73 bits per heavy atom. The molecule has 0 bridgehead atoms. The summed E-state index contributed by atoms with van der Waals surface area (Å²) in [6.07, 6.45) is 0.874. The van der Waals surface area contributed by atoms with Crippen LogP contribution in [0.3, 0.4) is 0 Å². The van der Waals surface area contributed by atoms with Crippen LogP contribution in [0.5, 0.6) is 5.75 Å². The van der Waals surface area contributed by atoms with E-state index < -0.39 is 0 Å². The summed E-state index contributed by atoms with van der Waals surface area (Å²) in [4.78, 5) is 0. The van der Waals surface area contributed by atoms with Gasteiger partial charge in [-0.3, -0.25) is 0 Å². The summed E-state index contributed by atoms with van der Waals surface area (Å²) < 4.78 is 0. The highest BCUT2D eigenvalue weighted by Crippen LogP contribution is 2.17. The Kier molecular flexibility index (Phi) is 2.12. The summed E-state index contributed by atoms with van der Waals surface area (Å²) in [7, 11) is 0. The molecule has 2 nitrogen and oxygen atoms in total. The van der Waals surface area contributed by atoms with Gasteiger partial charge in [-0.2, -0.15) is 5.26 Å². The third-order valence-corrected chi connectivity index (χ3v) is 1.59. The van der Waals surface area contributed by atoms with Gasteiger partial charge >= 0.3 is 0 Å². The molecule has 0 atom stereocenters. The van der Waals surface area contributed by atoms with Crippen LogP contribution < -0.4 is 0 Å². The van der Waals surface area contributed by atoms with Crippen LogP contribution >= 0.6 is 0 Å². The van der Waals surface area contributed by atoms with E-state index in [0.717, 1.165) is 12.0 Å². The maximum absolute atomic E-state index is 9.20. The van der Waals surface area contributed by atoms with E-state index in [4.69, 9.17) is 5.26 Å². The van der Waals surface area contributed by atoms with Crippen molar-refractivity contribution in [2.45, 2.75) is 13.3 Å². The Bertz CT molecular complexity index is 299. The molecule has 0 heterocycles. The first kappa shape index (κ1) is 7.62. The number of hydrogen-bond acceptors (Lipinski definition) is 2. The van der Waals surface area contributed by atoms with Gasteiger partial charge in [0.25, 0.3) is 0 Å². The molecule has 0 amide bonds. The molecule has 1 N–H and O–H groups in total. The van der Waals surface area contributed by atoms with E-state index in [1.54, 1.807) is 12.1 Å². The molecule has 0 radical (unpaired) electrons. The second kappa shape index (κ2) is 3.07. The van der Waals surface area contributed by atoms with E-state index in [0.29, 0.717) is 5.56 Å². The Morgan fingerprint density at radius 2 is 2.27 bits per heavy atom. The lowest BCUT2D eigenvalue weighted by atomic mass is 10.1. The van der Waals surface area contributed by atoms with Crippen LogP contribution in [0.25, 0.3) is 0 Å². The molecule has 0 unspecified atom stereocenters. The Labute approximate surface area is 65.7 Å². The van der Waals surface area contributed by atoms with Crippen molar-refractivity contribution < 1.29 is 5.11 Å². The number of nitrogens with zero attached hydrogens (tertiary/aromatic N) is 1.